The first-order chi connectivity index (χ1) is 11.0. The van der Waals surface area contributed by atoms with Gasteiger partial charge in [0.25, 0.3) is 0 Å². The van der Waals surface area contributed by atoms with Crippen molar-refractivity contribution in [2.75, 3.05) is 0 Å². The summed E-state index contributed by atoms with van der Waals surface area (Å²) in [5.74, 6) is -0.0220. The Balaban J connectivity index is 2.24. The van der Waals surface area contributed by atoms with E-state index in [0.29, 0.717) is 11.6 Å². The third-order valence-electron chi connectivity index (χ3n) is 4.02. The van der Waals surface area contributed by atoms with Crippen molar-refractivity contribution in [3.05, 3.63) is 59.2 Å². The molecule has 0 aliphatic rings. The predicted molar refractivity (Wildman–Crippen MR) is 95.7 cm³/mol. The minimum atomic E-state index is -0.0832. The minimum Gasteiger partial charge on any atom is -0.326 e. The number of nitrogens with zero attached hydrogens (tertiary/aromatic N) is 1. The maximum atomic E-state index is 12.5. The zero-order valence-corrected chi connectivity index (χ0v) is 14.0. The van der Waals surface area contributed by atoms with Crippen molar-refractivity contribution in [3.63, 3.8) is 0 Å². The van der Waals surface area contributed by atoms with Gasteiger partial charge < -0.3 is 5.73 Å². The van der Waals surface area contributed by atoms with E-state index >= 15 is 0 Å². The van der Waals surface area contributed by atoms with Gasteiger partial charge in [0.2, 0.25) is 5.91 Å². The van der Waals surface area contributed by atoms with Crippen LogP contribution in [0, 0.1) is 5.92 Å². The topological polar surface area (TPSA) is 48.0 Å². The van der Waals surface area contributed by atoms with Crippen molar-refractivity contribution < 1.29 is 4.79 Å². The summed E-state index contributed by atoms with van der Waals surface area (Å²) >= 11 is 6.30. The zero-order valence-electron chi connectivity index (χ0n) is 13.2. The summed E-state index contributed by atoms with van der Waals surface area (Å²) in [4.78, 5) is 12.5. The van der Waals surface area contributed by atoms with Crippen LogP contribution in [0.3, 0.4) is 0 Å². The van der Waals surface area contributed by atoms with Crippen molar-refractivity contribution in [1.29, 1.82) is 0 Å². The van der Waals surface area contributed by atoms with Crippen molar-refractivity contribution in [2.45, 2.75) is 20.4 Å². The molecule has 0 radical (unpaired) electrons. The number of hydrogen-bond acceptors (Lipinski definition) is 2. The first-order valence-electron chi connectivity index (χ1n) is 7.66. The van der Waals surface area contributed by atoms with Crippen LogP contribution >= 0.6 is 11.6 Å². The lowest BCUT2D eigenvalue weighted by Crippen LogP contribution is -2.15. The van der Waals surface area contributed by atoms with Gasteiger partial charge in [-0.05, 0) is 23.3 Å². The molecular weight excluding hydrogens is 308 g/mol. The summed E-state index contributed by atoms with van der Waals surface area (Å²) in [7, 11) is 0. The SMILES string of the molecule is CC(C)C(=O)n1cc(CN)c2ccc(-c3ccccc3Cl)cc21. The molecule has 118 valence electrons. The summed E-state index contributed by atoms with van der Waals surface area (Å²) in [5.41, 5.74) is 9.62. The Bertz CT molecular complexity index is 880. The molecule has 3 rings (SSSR count). The number of nitrogens with two attached hydrogens (primary N) is 1. The molecule has 2 aromatic carbocycles. The molecule has 23 heavy (non-hydrogen) atoms. The number of benzene rings is 2. The van der Waals surface area contributed by atoms with Crippen LogP contribution in [-0.4, -0.2) is 10.5 Å². The van der Waals surface area contributed by atoms with E-state index in [1.54, 1.807) is 4.57 Å². The van der Waals surface area contributed by atoms with Gasteiger partial charge >= 0.3 is 0 Å². The third kappa shape index (κ3) is 2.78. The molecule has 2 N–H and O–H groups in total. The van der Waals surface area contributed by atoms with E-state index in [0.717, 1.165) is 27.6 Å². The van der Waals surface area contributed by atoms with E-state index in [1.807, 2.05) is 62.5 Å². The molecule has 0 aliphatic carbocycles. The highest BCUT2D eigenvalue weighted by Gasteiger charge is 2.16. The van der Waals surface area contributed by atoms with Gasteiger partial charge in [-0.25, -0.2) is 0 Å². The second-order valence-corrected chi connectivity index (χ2v) is 6.34. The molecule has 0 unspecified atom stereocenters. The molecular formula is C19H19ClN2O. The molecule has 4 heteroatoms. The normalized spacial score (nSPS) is 11.3. The fraction of sp³-hybridized carbons (Fsp3) is 0.211. The number of fused-ring (bicyclic) bond motifs is 1. The molecule has 0 amide bonds. The van der Waals surface area contributed by atoms with Crippen LogP contribution in [-0.2, 0) is 6.54 Å². The molecule has 1 aromatic heterocycles. The predicted octanol–water partition coefficient (Wildman–Crippen LogP) is 4.72. The first-order valence-corrected chi connectivity index (χ1v) is 8.04. The molecule has 3 nitrogen and oxygen atoms in total. The van der Waals surface area contributed by atoms with Gasteiger partial charge in [0, 0.05) is 34.6 Å². The van der Waals surface area contributed by atoms with Gasteiger partial charge in [0.1, 0.15) is 0 Å². The monoisotopic (exact) mass is 326 g/mol. The Hall–Kier alpha value is -2.10. The second kappa shape index (κ2) is 6.19. The summed E-state index contributed by atoms with van der Waals surface area (Å²) in [5, 5.41) is 1.71. The quantitative estimate of drug-likeness (QED) is 0.757. The van der Waals surface area contributed by atoms with Crippen LogP contribution in [0.4, 0.5) is 0 Å². The van der Waals surface area contributed by atoms with Crippen LogP contribution in [0.1, 0.15) is 24.2 Å². The first kappa shape index (κ1) is 15.8. The Morgan fingerprint density at radius 3 is 2.61 bits per heavy atom. The summed E-state index contributed by atoms with van der Waals surface area (Å²) in [6.45, 7) is 4.20. The lowest BCUT2D eigenvalue weighted by molar-refractivity contribution is 0.0860. The van der Waals surface area contributed by atoms with E-state index in [1.165, 1.54) is 0 Å². The standard InChI is InChI=1S/C19H19ClN2O/c1-12(2)19(23)22-11-14(10-21)16-8-7-13(9-18(16)22)15-5-3-4-6-17(15)20/h3-9,11-12H,10,21H2,1-2H3. The summed E-state index contributed by atoms with van der Waals surface area (Å²) < 4.78 is 1.71. The van der Waals surface area contributed by atoms with Crippen LogP contribution in [0.15, 0.2) is 48.7 Å². The zero-order chi connectivity index (χ0) is 16.6. The fourth-order valence-corrected chi connectivity index (χ4v) is 3.03. The molecule has 3 aromatic rings. The van der Waals surface area contributed by atoms with Gasteiger partial charge in [-0.1, -0.05) is 55.8 Å². The molecule has 0 atom stereocenters. The lowest BCUT2D eigenvalue weighted by Gasteiger charge is -2.09. The molecule has 1 heterocycles. The number of halogens is 1. The average Bonchev–Trinajstić information content (AvgIpc) is 2.92. The Kier molecular flexibility index (Phi) is 4.24. The van der Waals surface area contributed by atoms with E-state index in [-0.39, 0.29) is 11.8 Å². The van der Waals surface area contributed by atoms with Crippen molar-refractivity contribution in [2.24, 2.45) is 11.7 Å². The number of rotatable bonds is 3. The molecule has 0 spiro atoms. The Morgan fingerprint density at radius 1 is 1.22 bits per heavy atom. The van der Waals surface area contributed by atoms with E-state index in [9.17, 15) is 4.79 Å². The lowest BCUT2D eigenvalue weighted by atomic mass is 10.0. The van der Waals surface area contributed by atoms with Crippen LogP contribution < -0.4 is 5.73 Å². The van der Waals surface area contributed by atoms with Crippen LogP contribution in [0.5, 0.6) is 0 Å². The maximum Gasteiger partial charge on any atom is 0.233 e. The van der Waals surface area contributed by atoms with Crippen LogP contribution in [0.25, 0.3) is 22.0 Å². The molecule has 0 saturated heterocycles. The fourth-order valence-electron chi connectivity index (χ4n) is 2.78. The largest absolute Gasteiger partial charge is 0.326 e. The van der Waals surface area contributed by atoms with Gasteiger partial charge in [-0.15, -0.1) is 0 Å². The third-order valence-corrected chi connectivity index (χ3v) is 4.35. The Labute approximate surface area is 140 Å². The smallest absolute Gasteiger partial charge is 0.233 e. The van der Waals surface area contributed by atoms with E-state index < -0.39 is 0 Å². The number of hydrogen-bond donors (Lipinski definition) is 1. The molecule has 0 bridgehead atoms. The van der Waals surface area contributed by atoms with E-state index in [4.69, 9.17) is 17.3 Å². The average molecular weight is 327 g/mol. The summed E-state index contributed by atoms with van der Waals surface area (Å²) in [6, 6.07) is 13.7. The van der Waals surface area contributed by atoms with Gasteiger partial charge in [0.15, 0.2) is 0 Å². The number of carbonyl (C=O) groups excluding carboxylic acids is 1. The highest BCUT2D eigenvalue weighted by molar-refractivity contribution is 6.33. The Morgan fingerprint density at radius 2 is 1.96 bits per heavy atom. The van der Waals surface area contributed by atoms with Crippen LogP contribution in [0.2, 0.25) is 5.02 Å². The van der Waals surface area contributed by atoms with Crippen molar-refractivity contribution in [3.8, 4) is 11.1 Å². The highest BCUT2D eigenvalue weighted by Crippen LogP contribution is 2.32. The molecule has 0 saturated carbocycles. The maximum absolute atomic E-state index is 12.5. The second-order valence-electron chi connectivity index (χ2n) is 5.93. The van der Waals surface area contributed by atoms with Crippen molar-refractivity contribution >= 4 is 28.4 Å². The number of aromatic nitrogens is 1. The number of carbonyl (C=O) groups is 1. The molecule has 0 aliphatic heterocycles. The summed E-state index contributed by atoms with van der Waals surface area (Å²) in [6.07, 6.45) is 1.85. The minimum absolute atomic E-state index is 0.0611. The van der Waals surface area contributed by atoms with Gasteiger partial charge in [0.05, 0.1) is 5.52 Å². The highest BCUT2D eigenvalue weighted by atomic mass is 35.5. The molecule has 0 fully saturated rings. The van der Waals surface area contributed by atoms with Gasteiger partial charge in [-0.2, -0.15) is 0 Å². The van der Waals surface area contributed by atoms with Gasteiger partial charge in [-0.3, -0.25) is 9.36 Å². The van der Waals surface area contributed by atoms with E-state index in [2.05, 4.69) is 0 Å². The van der Waals surface area contributed by atoms with Crippen molar-refractivity contribution in [1.82, 2.24) is 4.57 Å².